The second-order valence-electron chi connectivity index (χ2n) is 16.3. The Labute approximate surface area is 290 Å². The molecule has 6 rings (SSSR count). The fourth-order valence-electron chi connectivity index (χ4n) is 6.62. The summed E-state index contributed by atoms with van der Waals surface area (Å²) in [6.45, 7) is 27.4. The van der Waals surface area contributed by atoms with Gasteiger partial charge in [0.2, 0.25) is 0 Å². The summed E-state index contributed by atoms with van der Waals surface area (Å²) in [5.74, 6) is 1.61. The largest absolute Gasteiger partial charge is 2.00 e. The zero-order valence-corrected chi connectivity index (χ0v) is 31.7. The smallest absolute Gasteiger partial charge is 0.428 e. The maximum absolute atomic E-state index is 5.35. The van der Waals surface area contributed by atoms with Crippen molar-refractivity contribution >= 4 is 0 Å². The molecule has 5 heterocycles. The molecule has 0 saturated heterocycles. The molecule has 242 valence electrons. The molecule has 5 aromatic rings. The average molecular weight is 793 g/mol. The number of hydrogen-bond acceptors (Lipinski definition) is 3. The minimum Gasteiger partial charge on any atom is -0.428 e. The Balaban J connectivity index is 0.00000417. The molecule has 0 atom stereocenters. The summed E-state index contributed by atoms with van der Waals surface area (Å²) in [6, 6.07) is 23.2. The zero-order chi connectivity index (χ0) is 32.7. The summed E-state index contributed by atoms with van der Waals surface area (Å²) < 4.78 is 4.08. The first kappa shape index (κ1) is 34.0. The summed E-state index contributed by atoms with van der Waals surface area (Å²) in [7, 11) is 0. The van der Waals surface area contributed by atoms with Crippen LogP contribution in [0.5, 0.6) is 0 Å². The molecule has 4 aromatic heterocycles. The van der Waals surface area contributed by atoms with E-state index in [-0.39, 0.29) is 37.3 Å². The molecule has 0 fully saturated rings. The third kappa shape index (κ3) is 5.33. The minimum absolute atomic E-state index is 0. The van der Waals surface area contributed by atoms with E-state index in [0.717, 1.165) is 45.5 Å². The van der Waals surface area contributed by atoms with E-state index in [2.05, 4.69) is 161 Å². The van der Waals surface area contributed by atoms with Crippen molar-refractivity contribution in [1.29, 1.82) is 0 Å². The molecule has 8 bridgehead atoms. The van der Waals surface area contributed by atoms with Crippen LogP contribution in [0.2, 0.25) is 0 Å². The van der Waals surface area contributed by atoms with Crippen molar-refractivity contribution in [2.24, 2.45) is 0 Å². The normalized spacial score (nSPS) is 16.6. The minimum atomic E-state index is -0.469. The van der Waals surface area contributed by atoms with E-state index in [1.54, 1.807) is 0 Å². The predicted molar refractivity (Wildman–Crippen MR) is 184 cm³/mol. The van der Waals surface area contributed by atoms with E-state index in [1.165, 1.54) is 11.1 Å². The van der Waals surface area contributed by atoms with Crippen LogP contribution >= 0.6 is 0 Å². The molecular formula is C40H47N5Pt. The predicted octanol–water partition coefficient (Wildman–Crippen LogP) is 9.21. The molecule has 0 unspecified atom stereocenters. The van der Waals surface area contributed by atoms with Crippen molar-refractivity contribution in [2.75, 3.05) is 0 Å². The molecule has 0 aliphatic carbocycles. The molecule has 1 aromatic carbocycles. The van der Waals surface area contributed by atoms with Gasteiger partial charge in [-0.15, -0.1) is 16.7 Å². The van der Waals surface area contributed by atoms with Crippen molar-refractivity contribution in [3.63, 3.8) is 0 Å². The molecule has 0 radical (unpaired) electrons. The van der Waals surface area contributed by atoms with Gasteiger partial charge in [-0.1, -0.05) is 153 Å². The number of rotatable bonds is 1. The molecule has 1 aliphatic heterocycles. The van der Waals surface area contributed by atoms with Crippen LogP contribution < -0.4 is 0 Å². The van der Waals surface area contributed by atoms with Gasteiger partial charge in [0.1, 0.15) is 0 Å². The monoisotopic (exact) mass is 792 g/mol. The Morgan fingerprint density at radius 1 is 0.609 bits per heavy atom. The number of aromatic nitrogens is 5. The van der Waals surface area contributed by atoms with Crippen molar-refractivity contribution in [1.82, 2.24) is 24.3 Å². The van der Waals surface area contributed by atoms with E-state index < -0.39 is 10.8 Å². The molecule has 5 nitrogen and oxygen atoms in total. The van der Waals surface area contributed by atoms with Crippen molar-refractivity contribution < 1.29 is 21.1 Å². The number of nitrogens with zero attached hydrogens (tertiary/aromatic N) is 5. The quantitative estimate of drug-likeness (QED) is 0.159. The molecule has 1 aliphatic rings. The number of pyridine rings is 2. The molecule has 0 N–H and O–H groups in total. The third-order valence-electron chi connectivity index (χ3n) is 10.1. The van der Waals surface area contributed by atoms with E-state index in [4.69, 9.17) is 15.1 Å². The van der Waals surface area contributed by atoms with Crippen LogP contribution in [0, 0.1) is 12.4 Å². The van der Waals surface area contributed by atoms with Crippen LogP contribution in [0.4, 0.5) is 0 Å². The molecular weight excluding hydrogens is 746 g/mol. The van der Waals surface area contributed by atoms with E-state index in [1.807, 2.05) is 10.7 Å². The van der Waals surface area contributed by atoms with Gasteiger partial charge in [0.25, 0.3) is 0 Å². The van der Waals surface area contributed by atoms with Gasteiger partial charge >= 0.3 is 21.1 Å². The maximum Gasteiger partial charge on any atom is 2.00 e. The standard InChI is InChI=1S/C40H47N5.Pt/c1-36(2,3)33-27-24-44(34(33)26-18-14-13-15-19-26)31-22-16-20-29(41-31)38(7,8)30-21-17-23-32(42-30)45-25-28(35(43-45)37(4,5)6)40(11,12)39(27,9)10;/h13-23H,1-12H3;/q-2;+2. The molecule has 0 saturated carbocycles. The van der Waals surface area contributed by atoms with Gasteiger partial charge in [0.15, 0.2) is 0 Å². The Bertz CT molecular complexity index is 1890. The zero-order valence-electron chi connectivity index (χ0n) is 29.4. The first-order chi connectivity index (χ1) is 20.8. The van der Waals surface area contributed by atoms with Gasteiger partial charge in [-0.2, -0.15) is 0 Å². The van der Waals surface area contributed by atoms with Gasteiger partial charge < -0.3 is 9.25 Å². The van der Waals surface area contributed by atoms with Crippen LogP contribution in [0.1, 0.15) is 117 Å². The number of benzene rings is 1. The topological polar surface area (TPSA) is 48.5 Å². The summed E-state index contributed by atoms with van der Waals surface area (Å²) in [5.41, 5.74) is 7.11. The molecule has 0 spiro atoms. The second-order valence-corrected chi connectivity index (χ2v) is 16.3. The van der Waals surface area contributed by atoms with Crippen molar-refractivity contribution in [3.05, 3.63) is 113 Å². The van der Waals surface area contributed by atoms with E-state index in [9.17, 15) is 0 Å². The summed E-state index contributed by atoms with van der Waals surface area (Å²) >= 11 is 0. The van der Waals surface area contributed by atoms with Gasteiger partial charge in [0.05, 0.1) is 11.6 Å². The fourth-order valence-corrected chi connectivity index (χ4v) is 6.62. The van der Waals surface area contributed by atoms with Crippen LogP contribution in [0.3, 0.4) is 0 Å². The SMILES string of the molecule is CC(C)(C)c1nn2[c-]c1C(C)(C)C(C)(C)c1[c-]n(c(-c3ccccc3)c1C(C)(C)C)-c1cccc(n1)C(C)(C)c1cccc-2n1.[Pt+2]. The van der Waals surface area contributed by atoms with E-state index >= 15 is 0 Å². The number of fused-ring (bicyclic) bond motifs is 10. The van der Waals surface area contributed by atoms with Gasteiger partial charge in [-0.25, -0.2) is 0 Å². The van der Waals surface area contributed by atoms with Gasteiger partial charge in [0, 0.05) is 16.8 Å². The van der Waals surface area contributed by atoms with Crippen LogP contribution in [-0.4, -0.2) is 24.3 Å². The Kier molecular flexibility index (Phi) is 8.25. The number of hydrogen-bond donors (Lipinski definition) is 0. The van der Waals surface area contributed by atoms with Crippen LogP contribution in [0.25, 0.3) is 22.9 Å². The Morgan fingerprint density at radius 2 is 1.15 bits per heavy atom. The van der Waals surface area contributed by atoms with Crippen LogP contribution in [-0.2, 0) is 48.1 Å². The van der Waals surface area contributed by atoms with Crippen molar-refractivity contribution in [3.8, 4) is 22.9 Å². The second kappa shape index (κ2) is 11.2. The maximum atomic E-state index is 5.35. The summed E-state index contributed by atoms with van der Waals surface area (Å²) in [4.78, 5) is 10.5. The fraction of sp³-hybridized carbons (Fsp3) is 0.425. The average Bonchev–Trinajstić information content (AvgIpc) is 3.62. The van der Waals surface area contributed by atoms with Gasteiger partial charge in [-0.3, -0.25) is 15.1 Å². The molecule has 0 amide bonds. The summed E-state index contributed by atoms with van der Waals surface area (Å²) in [5, 5.41) is 5.22. The Hall–Kier alpha value is -3.30. The van der Waals surface area contributed by atoms with Crippen LogP contribution in [0.15, 0.2) is 66.7 Å². The van der Waals surface area contributed by atoms with Gasteiger partial charge in [-0.05, 0) is 47.9 Å². The first-order valence-corrected chi connectivity index (χ1v) is 16.1. The first-order valence-electron chi connectivity index (χ1n) is 16.1. The molecule has 46 heavy (non-hydrogen) atoms. The van der Waals surface area contributed by atoms with Crippen molar-refractivity contribution in [2.45, 2.75) is 110 Å². The van der Waals surface area contributed by atoms with E-state index in [0.29, 0.717) is 0 Å². The molecule has 6 heteroatoms. The summed E-state index contributed by atoms with van der Waals surface area (Å²) in [6.07, 6.45) is 7.73. The third-order valence-corrected chi connectivity index (χ3v) is 10.1. The Morgan fingerprint density at radius 3 is 1.72 bits per heavy atom.